The van der Waals surface area contributed by atoms with Crippen molar-refractivity contribution < 1.29 is 9.47 Å². The normalized spacial score (nSPS) is 11.1. The third kappa shape index (κ3) is 3.95. The quantitative estimate of drug-likeness (QED) is 0.617. The average molecular weight is 268 g/mol. The molecule has 0 unspecified atom stereocenters. The Bertz CT molecular complexity index is 531. The number of benzene rings is 2. The lowest BCUT2D eigenvalue weighted by Crippen LogP contribution is -1.85. The van der Waals surface area contributed by atoms with Crippen molar-refractivity contribution in [1.82, 2.24) is 0 Å². The van der Waals surface area contributed by atoms with Gasteiger partial charge in [0.25, 0.3) is 0 Å². The van der Waals surface area contributed by atoms with Gasteiger partial charge in [0.2, 0.25) is 0 Å². The summed E-state index contributed by atoms with van der Waals surface area (Å²) >= 11 is 0. The average Bonchev–Trinajstić information content (AvgIpc) is 2.53. The SMILES string of the molecule is COc1ccc(C=N/N=C/c2ccc(OC)cc2)cc1. The first-order valence-corrected chi connectivity index (χ1v) is 6.16. The third-order valence-corrected chi connectivity index (χ3v) is 2.71. The number of hydrogen-bond acceptors (Lipinski definition) is 4. The Labute approximate surface area is 118 Å². The highest BCUT2D eigenvalue weighted by molar-refractivity contribution is 5.82. The minimum atomic E-state index is 0.823. The Kier molecular flexibility index (Phi) is 4.89. The van der Waals surface area contributed by atoms with Crippen molar-refractivity contribution in [1.29, 1.82) is 0 Å². The van der Waals surface area contributed by atoms with Crippen molar-refractivity contribution in [3.05, 3.63) is 59.7 Å². The zero-order chi connectivity index (χ0) is 14.2. The fourth-order valence-electron chi connectivity index (χ4n) is 1.58. The topological polar surface area (TPSA) is 43.2 Å². The van der Waals surface area contributed by atoms with Crippen LogP contribution in [0.3, 0.4) is 0 Å². The first kappa shape index (κ1) is 13.8. The van der Waals surface area contributed by atoms with Crippen LogP contribution in [-0.4, -0.2) is 26.6 Å². The Hall–Kier alpha value is -2.62. The molecule has 0 bridgehead atoms. The van der Waals surface area contributed by atoms with Crippen molar-refractivity contribution in [2.45, 2.75) is 0 Å². The lowest BCUT2D eigenvalue weighted by Gasteiger charge is -1.98. The smallest absolute Gasteiger partial charge is 0.118 e. The number of rotatable bonds is 5. The molecule has 0 heterocycles. The molecule has 0 aliphatic rings. The Morgan fingerprint density at radius 2 is 1.00 bits per heavy atom. The highest BCUT2D eigenvalue weighted by atomic mass is 16.5. The molecule has 20 heavy (non-hydrogen) atoms. The van der Waals surface area contributed by atoms with Gasteiger partial charge in [-0.15, -0.1) is 0 Å². The number of ether oxygens (including phenoxy) is 2. The molecule has 0 fully saturated rings. The van der Waals surface area contributed by atoms with Gasteiger partial charge in [0.1, 0.15) is 11.5 Å². The molecule has 0 aromatic heterocycles. The maximum Gasteiger partial charge on any atom is 0.118 e. The summed E-state index contributed by atoms with van der Waals surface area (Å²) in [5.74, 6) is 1.65. The largest absolute Gasteiger partial charge is 0.497 e. The van der Waals surface area contributed by atoms with Crippen molar-refractivity contribution in [2.75, 3.05) is 14.2 Å². The van der Waals surface area contributed by atoms with Crippen LogP contribution in [0.15, 0.2) is 58.7 Å². The van der Waals surface area contributed by atoms with E-state index in [1.54, 1.807) is 26.6 Å². The van der Waals surface area contributed by atoms with Crippen LogP contribution in [-0.2, 0) is 0 Å². The van der Waals surface area contributed by atoms with Crippen molar-refractivity contribution >= 4 is 12.4 Å². The molecule has 0 aliphatic carbocycles. The van der Waals surface area contributed by atoms with E-state index in [9.17, 15) is 0 Å². The van der Waals surface area contributed by atoms with Crippen LogP contribution < -0.4 is 9.47 Å². The second kappa shape index (κ2) is 7.09. The Morgan fingerprint density at radius 3 is 1.30 bits per heavy atom. The Balaban J connectivity index is 1.95. The molecule has 0 saturated heterocycles. The lowest BCUT2D eigenvalue weighted by molar-refractivity contribution is 0.414. The molecule has 0 saturated carbocycles. The first-order valence-electron chi connectivity index (χ1n) is 6.16. The maximum absolute atomic E-state index is 5.09. The molecule has 2 aromatic carbocycles. The maximum atomic E-state index is 5.09. The third-order valence-electron chi connectivity index (χ3n) is 2.71. The summed E-state index contributed by atoms with van der Waals surface area (Å²) in [4.78, 5) is 0. The van der Waals surface area contributed by atoms with Crippen LogP contribution in [0.25, 0.3) is 0 Å². The molecule has 0 amide bonds. The molecule has 2 rings (SSSR count). The minimum absolute atomic E-state index is 0.823. The van der Waals surface area contributed by atoms with Crippen molar-refractivity contribution in [3.8, 4) is 11.5 Å². The fraction of sp³-hybridized carbons (Fsp3) is 0.125. The van der Waals surface area contributed by atoms with Gasteiger partial charge in [-0.05, 0) is 59.7 Å². The van der Waals surface area contributed by atoms with Gasteiger partial charge < -0.3 is 9.47 Å². The summed E-state index contributed by atoms with van der Waals surface area (Å²) in [5.41, 5.74) is 1.94. The minimum Gasteiger partial charge on any atom is -0.497 e. The molecule has 0 spiro atoms. The summed E-state index contributed by atoms with van der Waals surface area (Å²) in [6.45, 7) is 0. The zero-order valence-electron chi connectivity index (χ0n) is 11.5. The van der Waals surface area contributed by atoms with Gasteiger partial charge in [0.15, 0.2) is 0 Å². The zero-order valence-corrected chi connectivity index (χ0v) is 11.5. The van der Waals surface area contributed by atoms with Gasteiger partial charge in [-0.1, -0.05) is 0 Å². The van der Waals surface area contributed by atoms with Gasteiger partial charge in [-0.25, -0.2) is 0 Å². The first-order chi connectivity index (χ1) is 9.81. The van der Waals surface area contributed by atoms with E-state index >= 15 is 0 Å². The monoisotopic (exact) mass is 268 g/mol. The predicted octanol–water partition coefficient (Wildman–Crippen LogP) is 3.16. The van der Waals surface area contributed by atoms with Crippen LogP contribution in [0.1, 0.15) is 11.1 Å². The van der Waals surface area contributed by atoms with E-state index in [0.29, 0.717) is 0 Å². The molecule has 4 nitrogen and oxygen atoms in total. The van der Waals surface area contributed by atoms with E-state index in [1.165, 1.54) is 0 Å². The van der Waals surface area contributed by atoms with Crippen LogP contribution >= 0.6 is 0 Å². The van der Waals surface area contributed by atoms with E-state index in [4.69, 9.17) is 9.47 Å². The molecule has 0 atom stereocenters. The second-order valence-corrected chi connectivity index (χ2v) is 4.04. The number of nitrogens with zero attached hydrogens (tertiary/aromatic N) is 2. The van der Waals surface area contributed by atoms with E-state index in [2.05, 4.69) is 10.2 Å². The van der Waals surface area contributed by atoms with E-state index < -0.39 is 0 Å². The van der Waals surface area contributed by atoms with Gasteiger partial charge in [0, 0.05) is 0 Å². The molecule has 4 heteroatoms. The van der Waals surface area contributed by atoms with Gasteiger partial charge in [-0.2, -0.15) is 10.2 Å². The molecule has 0 aliphatic heterocycles. The lowest BCUT2D eigenvalue weighted by atomic mass is 10.2. The van der Waals surface area contributed by atoms with E-state index in [-0.39, 0.29) is 0 Å². The highest BCUT2D eigenvalue weighted by Crippen LogP contribution is 2.10. The molecular weight excluding hydrogens is 252 g/mol. The number of methoxy groups -OCH3 is 2. The summed E-state index contributed by atoms with van der Waals surface area (Å²) in [7, 11) is 3.28. The van der Waals surface area contributed by atoms with Crippen LogP contribution in [0, 0.1) is 0 Å². The summed E-state index contributed by atoms with van der Waals surface area (Å²) in [6, 6.07) is 15.2. The molecule has 2 aromatic rings. The molecule has 0 N–H and O–H groups in total. The summed E-state index contributed by atoms with van der Waals surface area (Å²) < 4.78 is 10.2. The molecular formula is C16H16N2O2. The second-order valence-electron chi connectivity index (χ2n) is 4.04. The fourth-order valence-corrected chi connectivity index (χ4v) is 1.58. The van der Waals surface area contributed by atoms with Crippen LogP contribution in [0.4, 0.5) is 0 Å². The standard InChI is InChI=1S/C16H16N2O2/c1-19-15-7-3-13(4-8-15)11-17-18-12-14-5-9-16(20-2)10-6-14/h3-12H,1-2H3/b17-11+,18-12?. The predicted molar refractivity (Wildman–Crippen MR) is 81.2 cm³/mol. The van der Waals surface area contributed by atoms with Crippen molar-refractivity contribution in [3.63, 3.8) is 0 Å². The van der Waals surface area contributed by atoms with E-state index in [0.717, 1.165) is 22.6 Å². The van der Waals surface area contributed by atoms with Crippen LogP contribution in [0.2, 0.25) is 0 Å². The summed E-state index contributed by atoms with van der Waals surface area (Å²) in [6.07, 6.45) is 3.39. The Morgan fingerprint density at radius 1 is 0.650 bits per heavy atom. The van der Waals surface area contributed by atoms with E-state index in [1.807, 2.05) is 48.5 Å². The number of hydrogen-bond donors (Lipinski definition) is 0. The van der Waals surface area contributed by atoms with Gasteiger partial charge in [-0.3, -0.25) is 0 Å². The van der Waals surface area contributed by atoms with Gasteiger partial charge >= 0.3 is 0 Å². The van der Waals surface area contributed by atoms with Crippen LogP contribution in [0.5, 0.6) is 11.5 Å². The van der Waals surface area contributed by atoms with Gasteiger partial charge in [0.05, 0.1) is 26.6 Å². The molecule has 102 valence electrons. The van der Waals surface area contributed by atoms with Crippen molar-refractivity contribution in [2.24, 2.45) is 10.2 Å². The highest BCUT2D eigenvalue weighted by Gasteiger charge is 1.91. The summed E-state index contributed by atoms with van der Waals surface area (Å²) in [5, 5.41) is 8.01. The molecule has 0 radical (unpaired) electrons.